The van der Waals surface area contributed by atoms with Crippen molar-refractivity contribution in [1.29, 1.82) is 0 Å². The van der Waals surface area contributed by atoms with Gasteiger partial charge in [-0.3, -0.25) is 9.59 Å². The lowest BCUT2D eigenvalue weighted by Crippen LogP contribution is -2.41. The normalized spacial score (nSPS) is 12.1. The van der Waals surface area contributed by atoms with Crippen LogP contribution in [0.1, 0.15) is 12.0 Å². The molecular weight excluding hydrogens is 487 g/mol. The number of carbonyl (C=O) groups is 2. The van der Waals surface area contributed by atoms with E-state index in [1.165, 1.54) is 18.2 Å². The van der Waals surface area contributed by atoms with Crippen molar-refractivity contribution in [2.75, 3.05) is 5.32 Å². The van der Waals surface area contributed by atoms with Gasteiger partial charge in [-0.1, -0.05) is 29.8 Å². The fourth-order valence-electron chi connectivity index (χ4n) is 2.93. The molecule has 0 fully saturated rings. The fraction of sp³-hybridized carbons (Fsp3) is 0.130. The standard InChI is InChI=1S/C23H20ClFN2O6S/c24-16-2-1-3-19(13-16)33-22(27-34(31,32)20-10-6-17(25)7-11-20)14-21(28)26-18-8-4-15(5-9-18)12-23(29)30/h1-11,13,22,27H,12,14H2,(H,26,28)(H,29,30). The fourth-order valence-corrected chi connectivity index (χ4v) is 4.22. The number of ether oxygens (including phenoxy) is 1. The van der Waals surface area contributed by atoms with Gasteiger partial charge in [-0.15, -0.1) is 0 Å². The van der Waals surface area contributed by atoms with Gasteiger partial charge in [0.15, 0.2) is 6.23 Å². The van der Waals surface area contributed by atoms with Crippen molar-refractivity contribution in [2.24, 2.45) is 0 Å². The number of carboxylic acids is 1. The zero-order valence-corrected chi connectivity index (χ0v) is 19.1. The highest BCUT2D eigenvalue weighted by atomic mass is 35.5. The number of hydrogen-bond donors (Lipinski definition) is 3. The average molecular weight is 507 g/mol. The molecule has 3 aromatic carbocycles. The Morgan fingerprint density at radius 2 is 1.71 bits per heavy atom. The molecule has 0 bridgehead atoms. The highest BCUT2D eigenvalue weighted by Gasteiger charge is 2.24. The zero-order chi connectivity index (χ0) is 24.7. The first-order chi connectivity index (χ1) is 16.1. The van der Waals surface area contributed by atoms with Gasteiger partial charge in [-0.05, 0) is 60.2 Å². The summed E-state index contributed by atoms with van der Waals surface area (Å²) in [5.41, 5.74) is 0.946. The van der Waals surface area contributed by atoms with E-state index in [4.69, 9.17) is 21.4 Å². The van der Waals surface area contributed by atoms with Crippen molar-refractivity contribution < 1.29 is 32.2 Å². The molecule has 0 aliphatic heterocycles. The molecule has 0 radical (unpaired) electrons. The molecule has 3 rings (SSSR count). The van der Waals surface area contributed by atoms with Crippen molar-refractivity contribution in [1.82, 2.24) is 4.72 Å². The van der Waals surface area contributed by atoms with Gasteiger partial charge in [-0.2, -0.15) is 4.72 Å². The zero-order valence-electron chi connectivity index (χ0n) is 17.6. The molecule has 1 atom stereocenters. The monoisotopic (exact) mass is 506 g/mol. The lowest BCUT2D eigenvalue weighted by Gasteiger charge is -2.20. The summed E-state index contributed by atoms with van der Waals surface area (Å²) < 4.78 is 46.7. The molecule has 3 N–H and O–H groups in total. The topological polar surface area (TPSA) is 122 Å². The minimum absolute atomic E-state index is 0.158. The van der Waals surface area contributed by atoms with Crippen LogP contribution in [0.4, 0.5) is 10.1 Å². The number of carboxylic acid groups (broad SMARTS) is 1. The number of amides is 1. The third-order valence-corrected chi connectivity index (χ3v) is 6.15. The molecule has 178 valence electrons. The van der Waals surface area contributed by atoms with Crippen molar-refractivity contribution in [3.05, 3.63) is 89.2 Å². The number of aliphatic carboxylic acids is 1. The third-order valence-electron chi connectivity index (χ3n) is 4.45. The molecule has 0 saturated heterocycles. The Balaban J connectivity index is 1.75. The average Bonchev–Trinajstić information content (AvgIpc) is 2.74. The lowest BCUT2D eigenvalue weighted by molar-refractivity contribution is -0.136. The van der Waals surface area contributed by atoms with Crippen LogP contribution >= 0.6 is 11.6 Å². The number of anilines is 1. The van der Waals surface area contributed by atoms with E-state index in [-0.39, 0.29) is 17.1 Å². The van der Waals surface area contributed by atoms with Crippen LogP contribution in [0, 0.1) is 5.82 Å². The van der Waals surface area contributed by atoms with E-state index in [1.807, 2.05) is 0 Å². The highest BCUT2D eigenvalue weighted by molar-refractivity contribution is 7.89. The van der Waals surface area contributed by atoms with E-state index in [2.05, 4.69) is 10.0 Å². The van der Waals surface area contributed by atoms with Crippen LogP contribution in [0.3, 0.4) is 0 Å². The maximum Gasteiger partial charge on any atom is 0.307 e. The SMILES string of the molecule is O=C(O)Cc1ccc(NC(=O)CC(NS(=O)(=O)c2ccc(F)cc2)Oc2cccc(Cl)c2)cc1. The van der Waals surface area contributed by atoms with Crippen molar-refractivity contribution in [3.8, 4) is 5.75 Å². The summed E-state index contributed by atoms with van der Waals surface area (Å²) >= 11 is 5.96. The molecule has 1 unspecified atom stereocenters. The summed E-state index contributed by atoms with van der Waals surface area (Å²) in [4.78, 5) is 23.2. The Labute approximate surface area is 200 Å². The molecule has 0 aliphatic carbocycles. The van der Waals surface area contributed by atoms with E-state index in [9.17, 15) is 22.4 Å². The number of carbonyl (C=O) groups excluding carboxylic acids is 1. The van der Waals surface area contributed by atoms with Gasteiger partial charge < -0.3 is 15.2 Å². The molecule has 0 aliphatic rings. The predicted octanol–water partition coefficient (Wildman–Crippen LogP) is 3.82. The summed E-state index contributed by atoms with van der Waals surface area (Å²) in [7, 11) is -4.15. The van der Waals surface area contributed by atoms with Gasteiger partial charge in [0.25, 0.3) is 0 Å². The van der Waals surface area contributed by atoms with Gasteiger partial charge in [0.05, 0.1) is 17.7 Å². The Bertz CT molecular complexity index is 1270. The van der Waals surface area contributed by atoms with Gasteiger partial charge in [0.2, 0.25) is 15.9 Å². The quantitative estimate of drug-likeness (QED) is 0.359. The van der Waals surface area contributed by atoms with Crippen molar-refractivity contribution in [2.45, 2.75) is 24.0 Å². The molecule has 1 amide bonds. The summed E-state index contributed by atoms with van der Waals surface area (Å²) in [5.74, 6) is -1.92. The lowest BCUT2D eigenvalue weighted by atomic mass is 10.1. The first-order valence-electron chi connectivity index (χ1n) is 9.91. The predicted molar refractivity (Wildman–Crippen MR) is 124 cm³/mol. The minimum atomic E-state index is -4.15. The molecule has 0 saturated carbocycles. The molecule has 0 aromatic heterocycles. The molecule has 3 aromatic rings. The molecule has 0 heterocycles. The first kappa shape index (κ1) is 25.2. The van der Waals surface area contributed by atoms with Gasteiger partial charge >= 0.3 is 5.97 Å². The first-order valence-corrected chi connectivity index (χ1v) is 11.8. The van der Waals surface area contributed by atoms with E-state index in [0.717, 1.165) is 24.3 Å². The molecule has 34 heavy (non-hydrogen) atoms. The number of hydrogen-bond acceptors (Lipinski definition) is 5. The largest absolute Gasteiger partial charge is 0.481 e. The van der Waals surface area contributed by atoms with Crippen LogP contribution in [0.5, 0.6) is 5.75 Å². The van der Waals surface area contributed by atoms with E-state index in [0.29, 0.717) is 16.3 Å². The number of nitrogens with one attached hydrogen (secondary N) is 2. The van der Waals surface area contributed by atoms with Crippen LogP contribution in [0.25, 0.3) is 0 Å². The van der Waals surface area contributed by atoms with Crippen LogP contribution in [0.15, 0.2) is 77.7 Å². The second kappa shape index (κ2) is 11.1. The minimum Gasteiger partial charge on any atom is -0.481 e. The van der Waals surface area contributed by atoms with Crippen molar-refractivity contribution >= 4 is 39.2 Å². The Morgan fingerprint density at radius 1 is 1.03 bits per heavy atom. The van der Waals surface area contributed by atoms with Gasteiger partial charge in [-0.25, -0.2) is 12.8 Å². The van der Waals surface area contributed by atoms with E-state index >= 15 is 0 Å². The number of rotatable bonds is 10. The van der Waals surface area contributed by atoms with Gasteiger partial charge in [0.1, 0.15) is 11.6 Å². The number of benzene rings is 3. The van der Waals surface area contributed by atoms with E-state index < -0.39 is 40.4 Å². The summed E-state index contributed by atoms with van der Waals surface area (Å²) in [6, 6.07) is 16.6. The summed E-state index contributed by atoms with van der Waals surface area (Å²) in [5, 5.41) is 11.8. The number of halogens is 2. The summed E-state index contributed by atoms with van der Waals surface area (Å²) in [6.45, 7) is 0. The van der Waals surface area contributed by atoms with Crippen LogP contribution < -0.4 is 14.8 Å². The second-order valence-corrected chi connectivity index (χ2v) is 9.31. The number of sulfonamides is 1. The molecule has 8 nitrogen and oxygen atoms in total. The van der Waals surface area contributed by atoms with Gasteiger partial charge in [0, 0.05) is 10.7 Å². The van der Waals surface area contributed by atoms with E-state index in [1.54, 1.807) is 30.3 Å². The smallest absolute Gasteiger partial charge is 0.307 e. The Hall–Kier alpha value is -3.47. The molecule has 11 heteroatoms. The van der Waals surface area contributed by atoms with Crippen LogP contribution in [0.2, 0.25) is 5.02 Å². The van der Waals surface area contributed by atoms with Crippen LogP contribution in [-0.4, -0.2) is 31.6 Å². The maximum atomic E-state index is 13.2. The summed E-state index contributed by atoms with van der Waals surface area (Å²) in [6.07, 6.45) is -1.89. The molecule has 0 spiro atoms. The van der Waals surface area contributed by atoms with Crippen LogP contribution in [-0.2, 0) is 26.0 Å². The third kappa shape index (κ3) is 7.55. The highest BCUT2D eigenvalue weighted by Crippen LogP contribution is 2.20. The van der Waals surface area contributed by atoms with Crippen molar-refractivity contribution in [3.63, 3.8) is 0 Å². The maximum absolute atomic E-state index is 13.2. The molecular formula is C23H20ClFN2O6S. The Morgan fingerprint density at radius 3 is 2.32 bits per heavy atom. The Kier molecular flexibility index (Phi) is 8.21. The second-order valence-electron chi connectivity index (χ2n) is 7.16.